The number of carbonyl (C=O) groups excluding carboxylic acids is 2. The van der Waals surface area contributed by atoms with Gasteiger partial charge in [-0.25, -0.2) is 4.79 Å². The normalized spacial score (nSPS) is 15.1. The average Bonchev–Trinajstić information content (AvgIpc) is 2.81. The second-order valence-corrected chi connectivity index (χ2v) is 8.15. The van der Waals surface area contributed by atoms with Gasteiger partial charge in [-0.15, -0.1) is 0 Å². The summed E-state index contributed by atoms with van der Waals surface area (Å²) in [5, 5.41) is 3.04. The summed E-state index contributed by atoms with van der Waals surface area (Å²) in [4.78, 5) is 26.1. The third-order valence-electron chi connectivity index (χ3n) is 5.87. The molecule has 1 heterocycles. The number of hydrogen-bond donors (Lipinski definition) is 1. The second kappa shape index (κ2) is 11.1. The largest absolute Gasteiger partial charge is 0.493 e. The van der Waals surface area contributed by atoms with E-state index in [9.17, 15) is 9.59 Å². The van der Waals surface area contributed by atoms with Gasteiger partial charge in [0.25, 0.3) is 0 Å². The predicted molar refractivity (Wildman–Crippen MR) is 124 cm³/mol. The number of esters is 1. The fraction of sp³-hybridized carbons (Fsp3) is 0.462. The van der Waals surface area contributed by atoms with Gasteiger partial charge in [-0.1, -0.05) is 43.2 Å². The highest BCUT2D eigenvalue weighted by Crippen LogP contribution is 2.37. The Balaban J connectivity index is 1.88. The number of nitrogens with one attached hydrogen (secondary N) is 1. The molecule has 0 radical (unpaired) electrons. The van der Waals surface area contributed by atoms with Gasteiger partial charge in [0.1, 0.15) is 11.3 Å². The summed E-state index contributed by atoms with van der Waals surface area (Å²) < 4.78 is 16.5. The molecule has 0 atom stereocenters. The van der Waals surface area contributed by atoms with E-state index in [1.165, 1.54) is 0 Å². The van der Waals surface area contributed by atoms with E-state index in [0.29, 0.717) is 49.7 Å². The van der Waals surface area contributed by atoms with E-state index < -0.39 is 11.4 Å². The van der Waals surface area contributed by atoms with Crippen LogP contribution in [0.25, 0.3) is 0 Å². The van der Waals surface area contributed by atoms with Crippen molar-refractivity contribution in [3.63, 3.8) is 0 Å². The van der Waals surface area contributed by atoms with Crippen LogP contribution in [0.5, 0.6) is 5.75 Å². The third-order valence-corrected chi connectivity index (χ3v) is 5.87. The quantitative estimate of drug-likeness (QED) is 0.438. The Hall–Kier alpha value is -2.86. The van der Waals surface area contributed by atoms with E-state index in [4.69, 9.17) is 14.2 Å². The summed E-state index contributed by atoms with van der Waals surface area (Å²) in [5.41, 5.74) is 2.31. The Morgan fingerprint density at radius 2 is 1.78 bits per heavy atom. The molecule has 0 unspecified atom stereocenters. The minimum atomic E-state index is -0.674. The maximum absolute atomic E-state index is 13.6. The van der Waals surface area contributed by atoms with Crippen molar-refractivity contribution in [2.75, 3.05) is 31.7 Å². The van der Waals surface area contributed by atoms with Crippen LogP contribution in [0.4, 0.5) is 5.69 Å². The van der Waals surface area contributed by atoms with Gasteiger partial charge in [-0.3, -0.25) is 4.79 Å². The second-order valence-electron chi connectivity index (χ2n) is 8.15. The first kappa shape index (κ1) is 23.8. The van der Waals surface area contributed by atoms with E-state index in [-0.39, 0.29) is 12.5 Å². The van der Waals surface area contributed by atoms with Crippen LogP contribution in [-0.4, -0.2) is 38.3 Å². The van der Waals surface area contributed by atoms with E-state index in [2.05, 4.69) is 12.2 Å². The van der Waals surface area contributed by atoms with Crippen molar-refractivity contribution >= 4 is 17.6 Å². The number of benzene rings is 2. The van der Waals surface area contributed by atoms with Crippen LogP contribution in [0.1, 0.15) is 61.0 Å². The molecule has 1 amide bonds. The summed E-state index contributed by atoms with van der Waals surface area (Å²) >= 11 is 0. The molecule has 1 saturated heterocycles. The first-order chi connectivity index (χ1) is 15.5. The Morgan fingerprint density at radius 3 is 2.44 bits per heavy atom. The minimum Gasteiger partial charge on any atom is -0.493 e. The number of carbonyl (C=O) groups is 2. The van der Waals surface area contributed by atoms with Gasteiger partial charge in [0.2, 0.25) is 5.91 Å². The van der Waals surface area contributed by atoms with Crippen LogP contribution in [0.3, 0.4) is 0 Å². The van der Waals surface area contributed by atoms with Gasteiger partial charge >= 0.3 is 5.97 Å². The zero-order valence-electron chi connectivity index (χ0n) is 19.2. The molecule has 1 aliphatic heterocycles. The molecular formula is C26H33NO5. The molecule has 3 rings (SSSR count). The lowest BCUT2D eigenvalue weighted by Gasteiger charge is -2.36. The summed E-state index contributed by atoms with van der Waals surface area (Å²) in [6.07, 6.45) is 3.09. The Bertz CT molecular complexity index is 916. The highest BCUT2D eigenvalue weighted by Gasteiger charge is 2.41. The maximum atomic E-state index is 13.6. The SMILES string of the molecule is CCCCOc1ccc(NC(=O)C2(c3ccc(C)cc3)CCOCC2)cc1C(=O)OCC. The van der Waals surface area contributed by atoms with Crippen LogP contribution in [0, 0.1) is 6.92 Å². The molecule has 0 saturated carbocycles. The van der Waals surface area contributed by atoms with E-state index in [1.54, 1.807) is 25.1 Å². The fourth-order valence-corrected chi connectivity index (χ4v) is 3.92. The van der Waals surface area contributed by atoms with Gasteiger partial charge < -0.3 is 19.5 Å². The number of rotatable bonds is 9. The molecule has 1 aliphatic rings. The summed E-state index contributed by atoms with van der Waals surface area (Å²) in [5.74, 6) is -0.0947. The monoisotopic (exact) mass is 439 g/mol. The van der Waals surface area contributed by atoms with Gasteiger partial charge in [-0.2, -0.15) is 0 Å². The topological polar surface area (TPSA) is 73.9 Å². The standard InChI is InChI=1S/C26H33NO5/c1-4-6-15-32-23-12-11-21(18-22(23)24(28)31-5-2)27-25(29)26(13-16-30-17-14-26)20-9-7-19(3)8-10-20/h7-12,18H,4-6,13-17H2,1-3H3,(H,27,29). The van der Waals surface area contributed by atoms with Crippen molar-refractivity contribution in [3.05, 3.63) is 59.2 Å². The van der Waals surface area contributed by atoms with E-state index in [1.807, 2.05) is 31.2 Å². The molecule has 0 aliphatic carbocycles. The molecule has 6 heteroatoms. The van der Waals surface area contributed by atoms with Crippen molar-refractivity contribution in [2.45, 2.75) is 51.9 Å². The maximum Gasteiger partial charge on any atom is 0.341 e. The Morgan fingerprint density at radius 1 is 1.06 bits per heavy atom. The molecule has 172 valence electrons. The van der Waals surface area contributed by atoms with Crippen LogP contribution >= 0.6 is 0 Å². The zero-order valence-corrected chi connectivity index (χ0v) is 19.2. The van der Waals surface area contributed by atoms with Gasteiger partial charge in [0, 0.05) is 18.9 Å². The number of aryl methyl sites for hydroxylation is 1. The van der Waals surface area contributed by atoms with E-state index in [0.717, 1.165) is 24.0 Å². The minimum absolute atomic E-state index is 0.0980. The summed E-state index contributed by atoms with van der Waals surface area (Å²) in [6, 6.07) is 13.2. The van der Waals surface area contributed by atoms with Crippen molar-refractivity contribution < 1.29 is 23.8 Å². The fourth-order valence-electron chi connectivity index (χ4n) is 3.92. The van der Waals surface area contributed by atoms with E-state index >= 15 is 0 Å². The lowest BCUT2D eigenvalue weighted by atomic mass is 9.73. The van der Waals surface area contributed by atoms with Crippen molar-refractivity contribution in [2.24, 2.45) is 0 Å². The van der Waals surface area contributed by atoms with Crippen molar-refractivity contribution in [1.82, 2.24) is 0 Å². The number of ether oxygens (including phenoxy) is 3. The first-order valence-electron chi connectivity index (χ1n) is 11.4. The summed E-state index contributed by atoms with van der Waals surface area (Å²) in [7, 11) is 0. The molecular weight excluding hydrogens is 406 g/mol. The summed E-state index contributed by atoms with van der Waals surface area (Å²) in [6.45, 7) is 7.71. The lowest BCUT2D eigenvalue weighted by molar-refractivity contribution is -0.125. The molecule has 0 aromatic heterocycles. The Kier molecular flexibility index (Phi) is 8.28. The average molecular weight is 440 g/mol. The molecule has 6 nitrogen and oxygen atoms in total. The molecule has 1 fully saturated rings. The number of anilines is 1. The van der Waals surface area contributed by atoms with Gasteiger partial charge in [0.05, 0.1) is 18.6 Å². The molecule has 1 N–H and O–H groups in total. The lowest BCUT2D eigenvalue weighted by Crippen LogP contribution is -2.44. The van der Waals surface area contributed by atoms with Crippen LogP contribution in [0.2, 0.25) is 0 Å². The molecule has 0 bridgehead atoms. The molecule has 32 heavy (non-hydrogen) atoms. The molecule has 2 aromatic carbocycles. The first-order valence-corrected chi connectivity index (χ1v) is 11.4. The smallest absolute Gasteiger partial charge is 0.341 e. The van der Waals surface area contributed by atoms with Gasteiger partial charge in [-0.05, 0) is 56.9 Å². The van der Waals surface area contributed by atoms with Gasteiger partial charge in [0.15, 0.2) is 0 Å². The molecule has 2 aromatic rings. The van der Waals surface area contributed by atoms with Crippen molar-refractivity contribution in [3.8, 4) is 5.75 Å². The van der Waals surface area contributed by atoms with Crippen LogP contribution in [0.15, 0.2) is 42.5 Å². The van der Waals surface area contributed by atoms with Crippen LogP contribution < -0.4 is 10.1 Å². The van der Waals surface area contributed by atoms with Crippen LogP contribution in [-0.2, 0) is 19.7 Å². The number of hydrogen-bond acceptors (Lipinski definition) is 5. The zero-order chi connectivity index (χ0) is 23.0. The molecule has 0 spiro atoms. The number of amides is 1. The highest BCUT2D eigenvalue weighted by molar-refractivity contribution is 6.01. The van der Waals surface area contributed by atoms with Crippen molar-refractivity contribution in [1.29, 1.82) is 0 Å². The Labute approximate surface area is 190 Å². The highest BCUT2D eigenvalue weighted by atomic mass is 16.5. The number of unbranched alkanes of at least 4 members (excludes halogenated alkanes) is 1. The third kappa shape index (κ3) is 5.49. The predicted octanol–water partition coefficient (Wildman–Crippen LogP) is 5.04.